The number of likely N-dealkylation sites (tertiary alicyclic amines) is 1. The Kier molecular flexibility index (Phi) is 6.47. The predicted molar refractivity (Wildman–Crippen MR) is 128 cm³/mol. The molecule has 184 valence electrons. The van der Waals surface area contributed by atoms with E-state index in [1.165, 1.54) is 0 Å². The molecule has 1 saturated carbocycles. The van der Waals surface area contributed by atoms with E-state index in [2.05, 4.69) is 5.32 Å². The molecule has 2 aromatic rings. The highest BCUT2D eigenvalue weighted by molar-refractivity contribution is 5.89. The van der Waals surface area contributed by atoms with Gasteiger partial charge in [0.1, 0.15) is 12.6 Å². The lowest BCUT2D eigenvalue weighted by atomic mass is 9.83. The molecule has 3 N–H and O–H groups in total. The van der Waals surface area contributed by atoms with Crippen molar-refractivity contribution in [1.82, 2.24) is 10.2 Å². The Bertz CT molecular complexity index is 1090. The summed E-state index contributed by atoms with van der Waals surface area (Å²) in [4.78, 5) is 39.2. The Balaban J connectivity index is 1.25. The molecule has 0 spiro atoms. The number of fused-ring (bicyclic) bond motifs is 4. The SMILES string of the molecule is O=C(O)CC(NC(=O)OCC1c2ccccc2-c2ccccc21)C(=O)N1CCC2CC(O)CCC21. The van der Waals surface area contributed by atoms with Crippen molar-refractivity contribution >= 4 is 18.0 Å². The first-order valence-electron chi connectivity index (χ1n) is 12.2. The van der Waals surface area contributed by atoms with Gasteiger partial charge in [-0.1, -0.05) is 48.5 Å². The fourth-order valence-electron chi connectivity index (χ4n) is 6.05. The van der Waals surface area contributed by atoms with Gasteiger partial charge in [0.05, 0.1) is 12.5 Å². The van der Waals surface area contributed by atoms with Gasteiger partial charge in [-0.2, -0.15) is 0 Å². The minimum atomic E-state index is -1.20. The van der Waals surface area contributed by atoms with E-state index in [1.54, 1.807) is 4.90 Å². The zero-order valence-electron chi connectivity index (χ0n) is 19.4. The number of benzene rings is 2. The molecular weight excluding hydrogens is 448 g/mol. The zero-order valence-corrected chi connectivity index (χ0v) is 19.4. The third-order valence-electron chi connectivity index (χ3n) is 7.65. The Labute approximate surface area is 203 Å². The highest BCUT2D eigenvalue weighted by atomic mass is 16.5. The molecule has 5 rings (SSSR count). The first-order chi connectivity index (χ1) is 16.9. The van der Waals surface area contributed by atoms with Crippen LogP contribution in [0.25, 0.3) is 11.1 Å². The molecule has 0 radical (unpaired) electrons. The fourth-order valence-corrected chi connectivity index (χ4v) is 6.05. The molecule has 1 saturated heterocycles. The van der Waals surface area contributed by atoms with Crippen molar-refractivity contribution in [3.8, 4) is 11.1 Å². The third kappa shape index (κ3) is 4.62. The van der Waals surface area contributed by atoms with Crippen LogP contribution in [0.5, 0.6) is 0 Å². The molecule has 35 heavy (non-hydrogen) atoms. The zero-order chi connectivity index (χ0) is 24.5. The molecule has 4 atom stereocenters. The number of carbonyl (C=O) groups excluding carboxylic acids is 2. The molecule has 2 amide bonds. The monoisotopic (exact) mass is 478 g/mol. The highest BCUT2D eigenvalue weighted by Crippen LogP contribution is 2.44. The molecule has 2 aromatic carbocycles. The third-order valence-corrected chi connectivity index (χ3v) is 7.65. The minimum absolute atomic E-state index is 0.0218. The van der Waals surface area contributed by atoms with Gasteiger partial charge in [0, 0.05) is 18.5 Å². The Morgan fingerprint density at radius 1 is 1.00 bits per heavy atom. The van der Waals surface area contributed by atoms with Crippen molar-refractivity contribution < 1.29 is 29.3 Å². The van der Waals surface area contributed by atoms with Gasteiger partial charge in [-0.05, 0) is 53.9 Å². The second-order valence-corrected chi connectivity index (χ2v) is 9.73. The predicted octanol–water partition coefficient (Wildman–Crippen LogP) is 3.13. The number of carboxylic acid groups (broad SMARTS) is 1. The first-order valence-corrected chi connectivity index (χ1v) is 12.2. The molecule has 1 aliphatic heterocycles. The number of aliphatic hydroxyl groups is 1. The van der Waals surface area contributed by atoms with Crippen LogP contribution in [0.1, 0.15) is 49.1 Å². The van der Waals surface area contributed by atoms with Crippen LogP contribution in [-0.2, 0) is 14.3 Å². The summed E-state index contributed by atoms with van der Waals surface area (Å²) >= 11 is 0. The molecular formula is C27H30N2O6. The van der Waals surface area contributed by atoms with Gasteiger partial charge >= 0.3 is 12.1 Å². The van der Waals surface area contributed by atoms with E-state index in [0.29, 0.717) is 25.8 Å². The first kappa shape index (κ1) is 23.4. The number of aliphatic hydroxyl groups excluding tert-OH is 1. The summed E-state index contributed by atoms with van der Waals surface area (Å²) in [7, 11) is 0. The summed E-state index contributed by atoms with van der Waals surface area (Å²) in [5.41, 5.74) is 4.36. The molecule has 3 aliphatic rings. The van der Waals surface area contributed by atoms with Crippen LogP contribution in [0.4, 0.5) is 4.79 Å². The van der Waals surface area contributed by atoms with Gasteiger partial charge in [-0.3, -0.25) is 9.59 Å². The quantitative estimate of drug-likeness (QED) is 0.588. The summed E-state index contributed by atoms with van der Waals surface area (Å²) in [6.07, 6.45) is 1.06. The lowest BCUT2D eigenvalue weighted by molar-refractivity contribution is -0.143. The lowest BCUT2D eigenvalue weighted by Crippen LogP contribution is -2.52. The average Bonchev–Trinajstić information content (AvgIpc) is 3.40. The molecule has 2 aliphatic carbocycles. The van der Waals surface area contributed by atoms with Gasteiger partial charge in [-0.25, -0.2) is 4.79 Å². The molecule has 4 unspecified atom stereocenters. The van der Waals surface area contributed by atoms with E-state index in [0.717, 1.165) is 28.7 Å². The van der Waals surface area contributed by atoms with Crippen LogP contribution < -0.4 is 5.32 Å². The number of nitrogens with zero attached hydrogens (tertiary/aromatic N) is 1. The fraction of sp³-hybridized carbons (Fsp3) is 0.444. The van der Waals surface area contributed by atoms with Crippen LogP contribution >= 0.6 is 0 Å². The molecule has 8 nitrogen and oxygen atoms in total. The second kappa shape index (κ2) is 9.70. The topological polar surface area (TPSA) is 116 Å². The van der Waals surface area contributed by atoms with Gasteiger partial charge in [0.25, 0.3) is 0 Å². The number of aliphatic carboxylic acids is 1. The van der Waals surface area contributed by atoms with Gasteiger partial charge < -0.3 is 25.2 Å². The lowest BCUT2D eigenvalue weighted by Gasteiger charge is -2.35. The number of hydrogen-bond acceptors (Lipinski definition) is 5. The standard InChI is InChI=1S/C27H30N2O6/c30-17-9-10-24-16(13-17)11-12-29(24)26(33)23(14-25(31)32)28-27(34)35-15-22-20-7-3-1-5-18(20)19-6-2-4-8-21(19)22/h1-8,16-17,22-24,30H,9-15H2,(H,28,34)(H,31,32). The van der Waals surface area contributed by atoms with Gasteiger partial charge in [0.15, 0.2) is 0 Å². The number of rotatable bonds is 6. The van der Waals surface area contributed by atoms with E-state index in [9.17, 15) is 24.6 Å². The molecule has 1 heterocycles. The number of carboxylic acids is 1. The number of alkyl carbamates (subject to hydrolysis) is 1. The van der Waals surface area contributed by atoms with Crippen molar-refractivity contribution in [1.29, 1.82) is 0 Å². The van der Waals surface area contributed by atoms with Crippen LogP contribution in [0, 0.1) is 5.92 Å². The largest absolute Gasteiger partial charge is 0.481 e. The summed E-state index contributed by atoms with van der Waals surface area (Å²) in [6.45, 7) is 0.587. The highest BCUT2D eigenvalue weighted by Gasteiger charge is 2.43. The number of hydrogen-bond donors (Lipinski definition) is 3. The van der Waals surface area contributed by atoms with Crippen molar-refractivity contribution in [3.05, 3.63) is 59.7 Å². The maximum absolute atomic E-state index is 13.3. The average molecular weight is 479 g/mol. The smallest absolute Gasteiger partial charge is 0.407 e. The number of ether oxygens (including phenoxy) is 1. The van der Waals surface area contributed by atoms with E-state index < -0.39 is 30.4 Å². The summed E-state index contributed by atoms with van der Waals surface area (Å²) in [5, 5.41) is 21.8. The summed E-state index contributed by atoms with van der Waals surface area (Å²) in [5.74, 6) is -1.49. The van der Waals surface area contributed by atoms with Gasteiger partial charge in [-0.15, -0.1) is 0 Å². The molecule has 0 bridgehead atoms. The van der Waals surface area contributed by atoms with Crippen LogP contribution in [-0.4, -0.2) is 64.4 Å². The number of carbonyl (C=O) groups is 3. The van der Waals surface area contributed by atoms with Crippen LogP contribution in [0.15, 0.2) is 48.5 Å². The van der Waals surface area contributed by atoms with Crippen molar-refractivity contribution in [2.75, 3.05) is 13.2 Å². The van der Waals surface area contributed by atoms with Crippen molar-refractivity contribution in [2.45, 2.75) is 56.2 Å². The Morgan fingerprint density at radius 3 is 2.31 bits per heavy atom. The minimum Gasteiger partial charge on any atom is -0.481 e. The normalized spacial score (nSPS) is 23.7. The van der Waals surface area contributed by atoms with Crippen molar-refractivity contribution in [3.63, 3.8) is 0 Å². The maximum atomic E-state index is 13.3. The second-order valence-electron chi connectivity index (χ2n) is 9.73. The van der Waals surface area contributed by atoms with Gasteiger partial charge in [0.2, 0.25) is 5.91 Å². The maximum Gasteiger partial charge on any atom is 0.407 e. The van der Waals surface area contributed by atoms with E-state index in [1.807, 2.05) is 48.5 Å². The van der Waals surface area contributed by atoms with Crippen LogP contribution in [0.2, 0.25) is 0 Å². The molecule has 8 heteroatoms. The van der Waals surface area contributed by atoms with Crippen LogP contribution in [0.3, 0.4) is 0 Å². The number of nitrogens with one attached hydrogen (secondary N) is 1. The molecule has 0 aromatic heterocycles. The Morgan fingerprint density at radius 2 is 1.66 bits per heavy atom. The van der Waals surface area contributed by atoms with E-state index >= 15 is 0 Å². The molecule has 2 fully saturated rings. The van der Waals surface area contributed by atoms with Crippen molar-refractivity contribution in [2.24, 2.45) is 5.92 Å². The summed E-state index contributed by atoms with van der Waals surface area (Å²) in [6, 6.07) is 14.8. The van der Waals surface area contributed by atoms with E-state index in [4.69, 9.17) is 4.74 Å². The Hall–Kier alpha value is -3.39. The van der Waals surface area contributed by atoms with E-state index in [-0.39, 0.29) is 30.6 Å². The number of amides is 2. The summed E-state index contributed by atoms with van der Waals surface area (Å²) < 4.78 is 5.54.